The fourth-order valence-electron chi connectivity index (χ4n) is 0.934. The summed E-state index contributed by atoms with van der Waals surface area (Å²) in [6.07, 6.45) is 0. The lowest BCUT2D eigenvalue weighted by atomic mass is 10.3. The second-order valence-corrected chi connectivity index (χ2v) is 4.29. The molecule has 0 aromatic heterocycles. The third-order valence-corrected chi connectivity index (χ3v) is 2.37. The molecule has 3 N–H and O–H groups in total. The van der Waals surface area contributed by atoms with Crippen LogP contribution >= 0.6 is 0 Å². The normalized spacial score (nSPS) is 15.5. The Kier molecular flexibility index (Phi) is 5.64. The van der Waals surface area contributed by atoms with E-state index in [-0.39, 0.29) is 0 Å². The van der Waals surface area contributed by atoms with Gasteiger partial charge in [-0.1, -0.05) is 6.07 Å². The van der Waals surface area contributed by atoms with Gasteiger partial charge in [0.15, 0.2) is 11.5 Å². The maximum absolute atomic E-state index is 10.5. The Bertz CT molecular complexity index is 467. The summed E-state index contributed by atoms with van der Waals surface area (Å²) in [5.41, 5.74) is 0. The second-order valence-electron chi connectivity index (χ2n) is 2.48. The van der Waals surface area contributed by atoms with Crippen LogP contribution in [0.2, 0.25) is 0 Å². The van der Waals surface area contributed by atoms with E-state index < -0.39 is 51.3 Å². The minimum absolute atomic E-state index is 0.416. The van der Waals surface area contributed by atoms with E-state index in [1.54, 1.807) is 0 Å². The topological polar surface area (TPSA) is 140 Å². The zero-order valence-corrected chi connectivity index (χ0v) is 10.7. The molecule has 0 saturated carbocycles. The van der Waals surface area contributed by atoms with Gasteiger partial charge in [0.25, 0.3) is 0 Å². The zero-order chi connectivity index (χ0) is 13.7. The molecule has 1 aromatic rings. The van der Waals surface area contributed by atoms with E-state index in [1.807, 2.05) is 0 Å². The molecule has 0 bridgehead atoms. The van der Waals surface area contributed by atoms with Gasteiger partial charge in [-0.25, -0.2) is 0 Å². The van der Waals surface area contributed by atoms with Gasteiger partial charge < -0.3 is 12.5 Å². The summed E-state index contributed by atoms with van der Waals surface area (Å²) in [4.78, 5) is 0. The fourth-order valence-corrected chi connectivity index (χ4v) is 1.81. The molecular formula is C6H6O9S3. The third kappa shape index (κ3) is 4.67. The van der Waals surface area contributed by atoms with Gasteiger partial charge in [-0.05, 0) is 12.1 Å². The Morgan fingerprint density at radius 1 is 0.778 bits per heavy atom. The van der Waals surface area contributed by atoms with Crippen LogP contribution in [0.25, 0.3) is 0 Å². The highest BCUT2D eigenvalue weighted by atomic mass is 32.2. The van der Waals surface area contributed by atoms with E-state index in [1.165, 1.54) is 6.07 Å². The first-order valence-electron chi connectivity index (χ1n) is 3.90. The van der Waals surface area contributed by atoms with Gasteiger partial charge in [-0.15, -0.1) is 0 Å². The standard InChI is InChI=1S/C6H6O9S3/c7-16(8)13-4-2-1-3-5(14-17(9)10)6(4)15-18(11)12/h1-3H,(H,7,8)(H,9,10)(H,11,12). The molecule has 3 unspecified atom stereocenters. The summed E-state index contributed by atoms with van der Waals surface area (Å²) in [5.74, 6) is -1.40. The van der Waals surface area contributed by atoms with Crippen molar-refractivity contribution in [2.45, 2.75) is 0 Å². The molecule has 0 heterocycles. The predicted molar refractivity (Wildman–Crippen MR) is 60.6 cm³/mol. The maximum Gasteiger partial charge on any atom is 0.357 e. The van der Waals surface area contributed by atoms with Gasteiger partial charge in [0.05, 0.1) is 0 Å². The number of hydrogen-bond acceptors (Lipinski definition) is 6. The Labute approximate surface area is 109 Å². The minimum Gasteiger partial charge on any atom is -0.376 e. The highest BCUT2D eigenvalue weighted by molar-refractivity contribution is 7.75. The lowest BCUT2D eigenvalue weighted by Gasteiger charge is -2.10. The molecule has 0 aliphatic carbocycles. The molecule has 0 amide bonds. The van der Waals surface area contributed by atoms with Crippen molar-refractivity contribution in [3.8, 4) is 17.2 Å². The highest BCUT2D eigenvalue weighted by Crippen LogP contribution is 2.38. The first-order chi connectivity index (χ1) is 8.40. The van der Waals surface area contributed by atoms with Crippen molar-refractivity contribution in [1.29, 1.82) is 0 Å². The van der Waals surface area contributed by atoms with E-state index in [0.717, 1.165) is 12.1 Å². The summed E-state index contributed by atoms with van der Waals surface area (Å²) in [5, 5.41) is 0. The average Bonchev–Trinajstić information content (AvgIpc) is 2.20. The molecule has 0 spiro atoms. The van der Waals surface area contributed by atoms with Gasteiger partial charge in [-0.3, -0.25) is 13.7 Å². The molecule has 0 fully saturated rings. The van der Waals surface area contributed by atoms with Crippen LogP contribution in [0.15, 0.2) is 18.2 Å². The van der Waals surface area contributed by atoms with Crippen molar-refractivity contribution in [3.63, 3.8) is 0 Å². The summed E-state index contributed by atoms with van der Waals surface area (Å²) in [6, 6.07) is 3.50. The molecule has 3 atom stereocenters. The van der Waals surface area contributed by atoms with Crippen molar-refractivity contribution in [2.75, 3.05) is 0 Å². The van der Waals surface area contributed by atoms with Gasteiger partial charge in [0, 0.05) is 0 Å². The number of hydrogen-bond donors (Lipinski definition) is 3. The molecule has 0 radical (unpaired) electrons. The fraction of sp³-hybridized carbons (Fsp3) is 0. The van der Waals surface area contributed by atoms with E-state index in [9.17, 15) is 12.6 Å². The van der Waals surface area contributed by atoms with Crippen LogP contribution in [0.1, 0.15) is 0 Å². The van der Waals surface area contributed by atoms with Crippen LogP contribution in [-0.4, -0.2) is 26.3 Å². The van der Waals surface area contributed by atoms with Gasteiger partial charge >= 0.3 is 34.1 Å². The van der Waals surface area contributed by atoms with Crippen LogP contribution < -0.4 is 12.5 Å². The third-order valence-electron chi connectivity index (χ3n) is 1.42. The molecule has 9 nitrogen and oxygen atoms in total. The SMILES string of the molecule is O=S(O)Oc1cccc(OS(=O)O)c1OS(=O)O. The lowest BCUT2D eigenvalue weighted by molar-refractivity contribution is 0.407. The van der Waals surface area contributed by atoms with Crippen LogP contribution in [0.4, 0.5) is 0 Å². The van der Waals surface area contributed by atoms with Gasteiger partial charge in [-0.2, -0.15) is 12.6 Å². The Hall–Kier alpha value is -1.05. The van der Waals surface area contributed by atoms with Crippen molar-refractivity contribution in [2.24, 2.45) is 0 Å². The van der Waals surface area contributed by atoms with E-state index in [4.69, 9.17) is 13.7 Å². The van der Waals surface area contributed by atoms with E-state index in [0.29, 0.717) is 0 Å². The van der Waals surface area contributed by atoms with Crippen LogP contribution in [0, 0.1) is 0 Å². The molecular weight excluding hydrogens is 312 g/mol. The largest absolute Gasteiger partial charge is 0.376 e. The molecule has 0 aliphatic rings. The van der Waals surface area contributed by atoms with Gasteiger partial charge in [0.2, 0.25) is 5.75 Å². The van der Waals surface area contributed by atoms with Crippen molar-refractivity contribution >= 4 is 34.1 Å². The highest BCUT2D eigenvalue weighted by Gasteiger charge is 2.18. The smallest absolute Gasteiger partial charge is 0.357 e. The van der Waals surface area contributed by atoms with Crippen molar-refractivity contribution < 1.29 is 38.8 Å². The maximum atomic E-state index is 10.5. The predicted octanol–water partition coefficient (Wildman–Crippen LogP) is 0.233. The van der Waals surface area contributed by atoms with Crippen molar-refractivity contribution in [3.05, 3.63) is 18.2 Å². The van der Waals surface area contributed by atoms with Crippen LogP contribution in [0.3, 0.4) is 0 Å². The Morgan fingerprint density at radius 3 is 1.50 bits per heavy atom. The summed E-state index contributed by atoms with van der Waals surface area (Å²) < 4.78 is 70.3. The number of rotatable bonds is 6. The molecule has 12 heteroatoms. The molecule has 0 aliphatic heterocycles. The lowest BCUT2D eigenvalue weighted by Crippen LogP contribution is -2.06. The average molecular weight is 318 g/mol. The molecule has 1 rings (SSSR count). The summed E-state index contributed by atoms with van der Waals surface area (Å²) >= 11 is -8.22. The Balaban J connectivity index is 3.19. The second kappa shape index (κ2) is 6.77. The van der Waals surface area contributed by atoms with Crippen LogP contribution in [-0.2, 0) is 34.1 Å². The number of para-hydroxylation sites is 1. The van der Waals surface area contributed by atoms with Crippen molar-refractivity contribution in [1.82, 2.24) is 0 Å². The monoisotopic (exact) mass is 318 g/mol. The molecule has 18 heavy (non-hydrogen) atoms. The zero-order valence-electron chi connectivity index (χ0n) is 8.25. The van der Waals surface area contributed by atoms with E-state index in [2.05, 4.69) is 12.5 Å². The van der Waals surface area contributed by atoms with Crippen LogP contribution in [0.5, 0.6) is 17.2 Å². The molecule has 0 saturated heterocycles. The molecule has 1 aromatic carbocycles. The Morgan fingerprint density at radius 2 is 1.17 bits per heavy atom. The summed E-state index contributed by atoms with van der Waals surface area (Å²) in [7, 11) is 0. The first kappa shape index (κ1) is 15.0. The first-order valence-corrected chi connectivity index (χ1v) is 7.00. The van der Waals surface area contributed by atoms with E-state index >= 15 is 0 Å². The minimum atomic E-state index is -2.79. The number of benzene rings is 1. The quantitative estimate of drug-likeness (QED) is 0.629. The molecule has 102 valence electrons. The summed E-state index contributed by atoms with van der Waals surface area (Å²) in [6.45, 7) is 0. The van der Waals surface area contributed by atoms with Gasteiger partial charge in [0.1, 0.15) is 0 Å².